The Hall–Kier alpha value is -1.10. The third kappa shape index (κ3) is 2.76. The van der Waals surface area contributed by atoms with Crippen LogP contribution in [0.15, 0.2) is 0 Å². The van der Waals surface area contributed by atoms with E-state index in [0.717, 1.165) is 25.9 Å². The molecule has 0 bridgehead atoms. The summed E-state index contributed by atoms with van der Waals surface area (Å²) in [5.41, 5.74) is 0. The minimum Gasteiger partial charge on any atom is -0.481 e. The summed E-state index contributed by atoms with van der Waals surface area (Å²) in [5, 5.41) is 9.39. The summed E-state index contributed by atoms with van der Waals surface area (Å²) in [4.78, 5) is 27.8. The van der Waals surface area contributed by atoms with Crippen LogP contribution in [-0.4, -0.2) is 59.0 Å². The molecule has 2 aliphatic heterocycles. The summed E-state index contributed by atoms with van der Waals surface area (Å²) in [6.45, 7) is 5.68. The van der Waals surface area contributed by atoms with Crippen molar-refractivity contribution >= 4 is 11.9 Å². The van der Waals surface area contributed by atoms with Crippen LogP contribution in [0.5, 0.6) is 0 Å². The molecule has 0 aromatic carbocycles. The number of amides is 1. The molecule has 1 N–H and O–H groups in total. The summed E-state index contributed by atoms with van der Waals surface area (Å²) in [5.74, 6) is -1.16. The Morgan fingerprint density at radius 2 is 2.05 bits per heavy atom. The van der Waals surface area contributed by atoms with Gasteiger partial charge in [0.1, 0.15) is 0 Å². The SMILES string of the molecule is CC1CC(=O)N(C2CCCN(C)C2)C(C)C1C(=O)O. The summed E-state index contributed by atoms with van der Waals surface area (Å²) < 4.78 is 0. The summed E-state index contributed by atoms with van der Waals surface area (Å²) in [7, 11) is 2.06. The fraction of sp³-hybridized carbons (Fsp3) is 0.857. The van der Waals surface area contributed by atoms with E-state index in [4.69, 9.17) is 0 Å². The molecule has 1 amide bonds. The molecule has 4 unspecified atom stereocenters. The first-order valence-corrected chi connectivity index (χ1v) is 7.14. The van der Waals surface area contributed by atoms with Crippen LogP contribution in [0.1, 0.15) is 33.1 Å². The Kier molecular flexibility index (Phi) is 4.13. The molecule has 0 radical (unpaired) electrons. The van der Waals surface area contributed by atoms with Crippen molar-refractivity contribution in [2.24, 2.45) is 11.8 Å². The van der Waals surface area contributed by atoms with Gasteiger partial charge in [0.15, 0.2) is 0 Å². The highest BCUT2D eigenvalue weighted by Gasteiger charge is 2.44. The number of likely N-dealkylation sites (tertiary alicyclic amines) is 2. The van der Waals surface area contributed by atoms with Gasteiger partial charge in [0.2, 0.25) is 5.91 Å². The molecule has 108 valence electrons. The second kappa shape index (κ2) is 5.49. The van der Waals surface area contributed by atoms with Gasteiger partial charge in [0, 0.05) is 25.0 Å². The van der Waals surface area contributed by atoms with E-state index in [1.165, 1.54) is 0 Å². The van der Waals surface area contributed by atoms with Crippen molar-refractivity contribution < 1.29 is 14.7 Å². The number of nitrogens with zero attached hydrogens (tertiary/aromatic N) is 2. The molecule has 0 spiro atoms. The van der Waals surface area contributed by atoms with Gasteiger partial charge in [-0.3, -0.25) is 9.59 Å². The first-order chi connectivity index (χ1) is 8.91. The van der Waals surface area contributed by atoms with E-state index in [1.54, 1.807) is 0 Å². The van der Waals surface area contributed by atoms with Gasteiger partial charge >= 0.3 is 5.97 Å². The average Bonchev–Trinajstić information content (AvgIpc) is 2.27. The first-order valence-electron chi connectivity index (χ1n) is 7.14. The summed E-state index contributed by atoms with van der Waals surface area (Å²) in [6, 6.07) is -0.0270. The molecule has 19 heavy (non-hydrogen) atoms. The third-order valence-electron chi connectivity index (χ3n) is 4.63. The number of aliphatic carboxylic acids is 1. The van der Waals surface area contributed by atoms with Crippen LogP contribution in [0.3, 0.4) is 0 Å². The second-order valence-corrected chi connectivity index (χ2v) is 6.15. The molecule has 4 atom stereocenters. The summed E-state index contributed by atoms with van der Waals surface area (Å²) in [6.07, 6.45) is 2.42. The van der Waals surface area contributed by atoms with E-state index in [1.807, 2.05) is 18.7 Å². The molecule has 2 aliphatic rings. The van der Waals surface area contributed by atoms with Gasteiger partial charge in [-0.1, -0.05) is 6.92 Å². The molecule has 2 rings (SSSR count). The maximum Gasteiger partial charge on any atom is 0.308 e. The van der Waals surface area contributed by atoms with E-state index in [9.17, 15) is 14.7 Å². The van der Waals surface area contributed by atoms with Crippen molar-refractivity contribution in [1.29, 1.82) is 0 Å². The third-order valence-corrected chi connectivity index (χ3v) is 4.63. The lowest BCUT2D eigenvalue weighted by molar-refractivity contribution is -0.157. The smallest absolute Gasteiger partial charge is 0.308 e. The van der Waals surface area contributed by atoms with E-state index in [-0.39, 0.29) is 23.9 Å². The molecule has 0 aromatic rings. The number of carboxylic acids is 1. The van der Waals surface area contributed by atoms with Crippen LogP contribution < -0.4 is 0 Å². The maximum absolute atomic E-state index is 12.3. The average molecular weight is 268 g/mol. The zero-order valence-electron chi connectivity index (χ0n) is 12.0. The highest BCUT2D eigenvalue weighted by molar-refractivity contribution is 5.82. The number of carbonyl (C=O) groups excluding carboxylic acids is 1. The molecule has 5 heteroatoms. The highest BCUT2D eigenvalue weighted by Crippen LogP contribution is 2.33. The Morgan fingerprint density at radius 1 is 1.37 bits per heavy atom. The number of hydrogen-bond acceptors (Lipinski definition) is 3. The zero-order valence-corrected chi connectivity index (χ0v) is 12.0. The highest BCUT2D eigenvalue weighted by atomic mass is 16.4. The van der Waals surface area contributed by atoms with Gasteiger partial charge in [-0.2, -0.15) is 0 Å². The molecule has 0 aliphatic carbocycles. The van der Waals surface area contributed by atoms with Crippen molar-refractivity contribution in [3.8, 4) is 0 Å². The van der Waals surface area contributed by atoms with Crippen LogP contribution >= 0.6 is 0 Å². The van der Waals surface area contributed by atoms with Gasteiger partial charge in [0.05, 0.1) is 5.92 Å². The first kappa shape index (κ1) is 14.3. The lowest BCUT2D eigenvalue weighted by Gasteiger charge is -2.47. The minimum absolute atomic E-state index is 0.0717. The van der Waals surface area contributed by atoms with E-state index < -0.39 is 11.9 Å². The van der Waals surface area contributed by atoms with Crippen LogP contribution in [-0.2, 0) is 9.59 Å². The molecule has 2 fully saturated rings. The number of carbonyl (C=O) groups is 2. The lowest BCUT2D eigenvalue weighted by Crippen LogP contribution is -2.59. The van der Waals surface area contributed by atoms with Gasteiger partial charge in [-0.05, 0) is 39.3 Å². The van der Waals surface area contributed by atoms with Gasteiger partial charge in [-0.25, -0.2) is 0 Å². The molecule has 5 nitrogen and oxygen atoms in total. The Morgan fingerprint density at radius 3 is 2.63 bits per heavy atom. The number of rotatable bonds is 2. The maximum atomic E-state index is 12.3. The van der Waals surface area contributed by atoms with Gasteiger partial charge in [0.25, 0.3) is 0 Å². The normalized spacial score (nSPS) is 37.4. The van der Waals surface area contributed by atoms with E-state index in [2.05, 4.69) is 11.9 Å². The van der Waals surface area contributed by atoms with Crippen LogP contribution in [0.25, 0.3) is 0 Å². The Labute approximate surface area is 114 Å². The minimum atomic E-state index is -0.776. The summed E-state index contributed by atoms with van der Waals surface area (Å²) >= 11 is 0. The van der Waals surface area contributed by atoms with Crippen molar-refractivity contribution in [1.82, 2.24) is 9.80 Å². The lowest BCUT2D eigenvalue weighted by atomic mass is 9.79. The van der Waals surface area contributed by atoms with Crippen molar-refractivity contribution in [2.45, 2.75) is 45.2 Å². The van der Waals surface area contributed by atoms with Crippen molar-refractivity contribution in [3.63, 3.8) is 0 Å². The van der Waals surface area contributed by atoms with E-state index in [0.29, 0.717) is 6.42 Å². The van der Waals surface area contributed by atoms with Gasteiger partial charge in [-0.15, -0.1) is 0 Å². The second-order valence-electron chi connectivity index (χ2n) is 6.15. The fourth-order valence-electron chi connectivity index (χ4n) is 3.74. The van der Waals surface area contributed by atoms with Crippen LogP contribution in [0, 0.1) is 11.8 Å². The Bertz CT molecular complexity index is 372. The number of carboxylic acid groups (broad SMARTS) is 1. The Balaban J connectivity index is 2.18. The number of piperidine rings is 2. The van der Waals surface area contributed by atoms with Crippen LogP contribution in [0.2, 0.25) is 0 Å². The van der Waals surface area contributed by atoms with Crippen molar-refractivity contribution in [2.75, 3.05) is 20.1 Å². The largest absolute Gasteiger partial charge is 0.481 e. The molecule has 0 aromatic heterocycles. The van der Waals surface area contributed by atoms with Crippen molar-refractivity contribution in [3.05, 3.63) is 0 Å². The predicted molar refractivity (Wildman–Crippen MR) is 71.7 cm³/mol. The molecule has 2 saturated heterocycles. The van der Waals surface area contributed by atoms with E-state index >= 15 is 0 Å². The topological polar surface area (TPSA) is 60.9 Å². The molecular formula is C14H24N2O3. The zero-order chi connectivity index (χ0) is 14.2. The molecule has 0 saturated carbocycles. The fourth-order valence-corrected chi connectivity index (χ4v) is 3.74. The molecule has 2 heterocycles. The number of hydrogen-bond donors (Lipinski definition) is 1. The quantitative estimate of drug-likeness (QED) is 0.813. The standard InChI is InChI=1S/C14H24N2O3/c1-9-7-12(17)16(10(2)13(9)14(18)19)11-5-4-6-15(3)8-11/h9-11,13H,4-8H2,1-3H3,(H,18,19). The molecular weight excluding hydrogens is 244 g/mol. The van der Waals surface area contributed by atoms with Gasteiger partial charge < -0.3 is 14.9 Å². The predicted octanol–water partition coefficient (Wildman–Crippen LogP) is 1.04. The number of likely N-dealkylation sites (N-methyl/N-ethyl adjacent to an activating group) is 1. The van der Waals surface area contributed by atoms with Crippen LogP contribution in [0.4, 0.5) is 0 Å². The monoisotopic (exact) mass is 268 g/mol.